The Morgan fingerprint density at radius 1 is 1.00 bits per heavy atom. The monoisotopic (exact) mass is 335 g/mol. The molecule has 0 unspecified atom stereocenters. The molecule has 0 saturated heterocycles. The van der Waals surface area contributed by atoms with Gasteiger partial charge in [0, 0.05) is 10.6 Å². The summed E-state index contributed by atoms with van der Waals surface area (Å²) in [5.41, 5.74) is 1.25. The van der Waals surface area contributed by atoms with Gasteiger partial charge in [0.2, 0.25) is 5.91 Å². The number of benzene rings is 2. The van der Waals surface area contributed by atoms with Crippen molar-refractivity contribution >= 4 is 23.2 Å². The summed E-state index contributed by atoms with van der Waals surface area (Å²) in [6, 6.07) is 10.3. The molecule has 0 aliphatic heterocycles. The highest BCUT2D eigenvalue weighted by molar-refractivity contribution is 6.31. The molecular formula is C17H18ClNO4. The Balaban J connectivity index is 2.18. The first-order valence-corrected chi connectivity index (χ1v) is 7.29. The van der Waals surface area contributed by atoms with Crippen LogP contribution in [0.5, 0.6) is 17.2 Å². The van der Waals surface area contributed by atoms with Gasteiger partial charge in [-0.2, -0.15) is 0 Å². The van der Waals surface area contributed by atoms with Crippen molar-refractivity contribution < 1.29 is 19.0 Å². The summed E-state index contributed by atoms with van der Waals surface area (Å²) < 4.78 is 15.7. The topological polar surface area (TPSA) is 56.8 Å². The van der Waals surface area contributed by atoms with Gasteiger partial charge in [0.25, 0.3) is 0 Å². The smallest absolute Gasteiger partial charge is 0.229 e. The molecule has 0 fully saturated rings. The predicted octanol–water partition coefficient (Wildman–Crippen LogP) is 3.55. The maximum atomic E-state index is 12.3. The maximum absolute atomic E-state index is 12.3. The minimum Gasteiger partial charge on any atom is -0.497 e. The molecule has 6 heteroatoms. The molecule has 0 radical (unpaired) electrons. The number of amides is 1. The molecule has 0 aromatic heterocycles. The second-order valence-corrected chi connectivity index (χ2v) is 5.18. The van der Waals surface area contributed by atoms with E-state index in [2.05, 4.69) is 5.32 Å². The highest BCUT2D eigenvalue weighted by atomic mass is 35.5. The molecule has 122 valence electrons. The van der Waals surface area contributed by atoms with Gasteiger partial charge in [-0.3, -0.25) is 4.79 Å². The lowest BCUT2D eigenvalue weighted by Gasteiger charge is -2.13. The van der Waals surface area contributed by atoms with Crippen molar-refractivity contribution in [1.29, 1.82) is 0 Å². The number of halogens is 1. The second-order valence-electron chi connectivity index (χ2n) is 4.75. The molecule has 0 saturated carbocycles. The number of hydrogen-bond donors (Lipinski definition) is 1. The first-order valence-electron chi connectivity index (χ1n) is 6.91. The van der Waals surface area contributed by atoms with Crippen LogP contribution in [-0.4, -0.2) is 27.2 Å². The van der Waals surface area contributed by atoms with Gasteiger partial charge in [-0.05, 0) is 36.4 Å². The minimum atomic E-state index is -0.211. The molecule has 0 bridgehead atoms. The minimum absolute atomic E-state index is 0.135. The molecule has 2 aromatic rings. The third kappa shape index (κ3) is 4.29. The normalized spacial score (nSPS) is 10.1. The largest absolute Gasteiger partial charge is 0.497 e. The zero-order valence-electron chi connectivity index (χ0n) is 13.2. The summed E-state index contributed by atoms with van der Waals surface area (Å²) in [7, 11) is 4.66. The molecule has 2 aromatic carbocycles. The Bertz CT molecular complexity index is 703. The van der Waals surface area contributed by atoms with Crippen LogP contribution in [0.2, 0.25) is 5.02 Å². The van der Waals surface area contributed by atoms with E-state index in [9.17, 15) is 4.79 Å². The molecule has 23 heavy (non-hydrogen) atoms. The summed E-state index contributed by atoms with van der Waals surface area (Å²) in [6.07, 6.45) is 0.135. The number of rotatable bonds is 6. The van der Waals surface area contributed by atoms with Crippen molar-refractivity contribution in [2.45, 2.75) is 6.42 Å². The second kappa shape index (κ2) is 7.74. The van der Waals surface area contributed by atoms with E-state index in [0.29, 0.717) is 28.0 Å². The molecule has 1 amide bonds. The van der Waals surface area contributed by atoms with Gasteiger partial charge in [0.1, 0.15) is 17.2 Å². The number of methoxy groups -OCH3 is 3. The zero-order chi connectivity index (χ0) is 16.8. The molecule has 0 atom stereocenters. The van der Waals surface area contributed by atoms with Gasteiger partial charge < -0.3 is 19.5 Å². The van der Waals surface area contributed by atoms with Crippen LogP contribution in [0.25, 0.3) is 0 Å². The fraction of sp³-hybridized carbons (Fsp3) is 0.235. The highest BCUT2D eigenvalue weighted by Gasteiger charge is 2.13. The van der Waals surface area contributed by atoms with Gasteiger partial charge >= 0.3 is 0 Å². The van der Waals surface area contributed by atoms with Crippen LogP contribution in [0.1, 0.15) is 5.56 Å². The van der Waals surface area contributed by atoms with E-state index in [1.165, 1.54) is 7.11 Å². The molecule has 5 nitrogen and oxygen atoms in total. The van der Waals surface area contributed by atoms with Crippen molar-refractivity contribution in [3.05, 3.63) is 47.0 Å². The summed E-state index contributed by atoms with van der Waals surface area (Å²) in [4.78, 5) is 12.3. The van der Waals surface area contributed by atoms with Gasteiger partial charge in [-0.25, -0.2) is 0 Å². The van der Waals surface area contributed by atoms with Crippen molar-refractivity contribution in [1.82, 2.24) is 0 Å². The molecule has 0 heterocycles. The van der Waals surface area contributed by atoms with Gasteiger partial charge in [0.15, 0.2) is 0 Å². The van der Waals surface area contributed by atoms with E-state index >= 15 is 0 Å². The number of carbonyl (C=O) groups excluding carboxylic acids is 1. The van der Waals surface area contributed by atoms with Gasteiger partial charge in [-0.1, -0.05) is 11.6 Å². The lowest BCUT2D eigenvalue weighted by molar-refractivity contribution is -0.115. The molecule has 2 rings (SSSR count). The van der Waals surface area contributed by atoms with Gasteiger partial charge in [-0.15, -0.1) is 0 Å². The lowest BCUT2D eigenvalue weighted by atomic mass is 10.1. The Labute approximate surface area is 140 Å². The van der Waals surface area contributed by atoms with E-state index in [4.69, 9.17) is 25.8 Å². The standard InChI is InChI=1S/C17H18ClNO4/c1-21-13-5-7-15(22-2)11(8-13)9-17(20)19-14-10-12(18)4-6-16(14)23-3/h4-8,10H,9H2,1-3H3,(H,19,20). The van der Waals surface area contributed by atoms with Crippen LogP contribution in [0, 0.1) is 0 Å². The molecule has 1 N–H and O–H groups in total. The Morgan fingerprint density at radius 3 is 2.35 bits per heavy atom. The number of anilines is 1. The van der Waals surface area contributed by atoms with E-state index in [1.807, 2.05) is 0 Å². The molecule has 0 spiro atoms. The summed E-state index contributed by atoms with van der Waals surface area (Å²) >= 11 is 5.96. The zero-order valence-corrected chi connectivity index (χ0v) is 13.9. The van der Waals surface area contributed by atoms with Crippen molar-refractivity contribution in [2.75, 3.05) is 26.6 Å². The third-order valence-corrected chi connectivity index (χ3v) is 3.51. The van der Waals surface area contributed by atoms with E-state index < -0.39 is 0 Å². The average Bonchev–Trinajstić information content (AvgIpc) is 2.55. The fourth-order valence-electron chi connectivity index (χ4n) is 2.17. The number of hydrogen-bond acceptors (Lipinski definition) is 4. The molecule has 0 aliphatic carbocycles. The summed E-state index contributed by atoms with van der Waals surface area (Å²) in [5, 5.41) is 3.31. The van der Waals surface area contributed by atoms with E-state index in [-0.39, 0.29) is 12.3 Å². The van der Waals surface area contributed by atoms with Crippen molar-refractivity contribution in [3.63, 3.8) is 0 Å². The number of carbonyl (C=O) groups is 1. The van der Waals surface area contributed by atoms with Crippen LogP contribution in [0.4, 0.5) is 5.69 Å². The van der Waals surface area contributed by atoms with E-state index in [1.54, 1.807) is 50.6 Å². The predicted molar refractivity (Wildman–Crippen MR) is 89.9 cm³/mol. The first kappa shape index (κ1) is 17.0. The maximum Gasteiger partial charge on any atom is 0.229 e. The van der Waals surface area contributed by atoms with E-state index in [0.717, 1.165) is 5.56 Å². The quantitative estimate of drug-likeness (QED) is 0.877. The molecule has 0 aliphatic rings. The Morgan fingerprint density at radius 2 is 1.70 bits per heavy atom. The van der Waals surface area contributed by atoms with Crippen LogP contribution in [-0.2, 0) is 11.2 Å². The van der Waals surface area contributed by atoms with Crippen LogP contribution in [0.3, 0.4) is 0 Å². The molecular weight excluding hydrogens is 318 g/mol. The van der Waals surface area contributed by atoms with Crippen LogP contribution in [0.15, 0.2) is 36.4 Å². The summed E-state index contributed by atoms with van der Waals surface area (Å²) in [5.74, 6) is 1.62. The third-order valence-electron chi connectivity index (χ3n) is 3.27. The number of nitrogens with one attached hydrogen (secondary N) is 1. The average molecular weight is 336 g/mol. The van der Waals surface area contributed by atoms with Crippen molar-refractivity contribution in [3.8, 4) is 17.2 Å². The lowest BCUT2D eigenvalue weighted by Crippen LogP contribution is -2.15. The first-order chi connectivity index (χ1) is 11.1. The Kier molecular flexibility index (Phi) is 5.71. The number of ether oxygens (including phenoxy) is 3. The van der Waals surface area contributed by atoms with Gasteiger partial charge in [0.05, 0.1) is 33.4 Å². The van der Waals surface area contributed by atoms with Crippen molar-refractivity contribution in [2.24, 2.45) is 0 Å². The highest BCUT2D eigenvalue weighted by Crippen LogP contribution is 2.29. The fourth-order valence-corrected chi connectivity index (χ4v) is 2.34. The SMILES string of the molecule is COc1ccc(OC)c(CC(=O)Nc2cc(Cl)ccc2OC)c1. The van der Waals surface area contributed by atoms with Crippen LogP contribution >= 0.6 is 11.6 Å². The Hall–Kier alpha value is -2.40. The van der Waals surface area contributed by atoms with Crippen LogP contribution < -0.4 is 19.5 Å². The summed E-state index contributed by atoms with van der Waals surface area (Å²) in [6.45, 7) is 0.